The number of hydrogen-bond donors (Lipinski definition) is 1. The van der Waals surface area contributed by atoms with Crippen LogP contribution in [0.25, 0.3) is 16.5 Å². The fourth-order valence-electron chi connectivity index (χ4n) is 5.35. The average molecular weight is 498 g/mol. The highest BCUT2D eigenvalue weighted by Gasteiger charge is 2.40. The first-order chi connectivity index (χ1) is 17.4. The van der Waals surface area contributed by atoms with E-state index in [0.29, 0.717) is 42.0 Å². The molecule has 1 aliphatic carbocycles. The molecule has 0 saturated heterocycles. The second kappa shape index (κ2) is 8.52. The van der Waals surface area contributed by atoms with Gasteiger partial charge in [0.15, 0.2) is 5.78 Å². The molecule has 37 heavy (non-hydrogen) atoms. The Balaban J connectivity index is 1.56. The van der Waals surface area contributed by atoms with Crippen molar-refractivity contribution in [2.75, 3.05) is 20.2 Å². The molecule has 1 aromatic heterocycles. The number of carbonyl (C=O) groups excluding carboxylic acids is 2. The second-order valence-corrected chi connectivity index (χ2v) is 11.2. The zero-order valence-corrected chi connectivity index (χ0v) is 22.1. The van der Waals surface area contributed by atoms with Gasteiger partial charge >= 0.3 is 6.09 Å². The van der Waals surface area contributed by atoms with Crippen LogP contribution in [0.15, 0.2) is 36.4 Å². The lowest BCUT2D eigenvalue weighted by molar-refractivity contribution is 0.0270. The van der Waals surface area contributed by atoms with E-state index in [-0.39, 0.29) is 11.9 Å². The molecule has 1 N–H and O–H groups in total. The largest absolute Gasteiger partial charge is 0.496 e. The fourth-order valence-corrected chi connectivity index (χ4v) is 5.35. The maximum Gasteiger partial charge on any atom is 0.410 e. The Labute approximate surface area is 216 Å². The number of nitriles is 1. The van der Waals surface area contributed by atoms with Crippen LogP contribution in [0.2, 0.25) is 0 Å². The van der Waals surface area contributed by atoms with Gasteiger partial charge in [-0.25, -0.2) is 4.79 Å². The number of nitrogens with one attached hydrogen (secondary N) is 1. The molecule has 7 heteroatoms. The summed E-state index contributed by atoms with van der Waals surface area (Å²) in [6.07, 6.45) is 2.36. The Morgan fingerprint density at radius 1 is 1.16 bits per heavy atom. The lowest BCUT2D eigenvalue weighted by Gasteiger charge is -2.34. The van der Waals surface area contributed by atoms with Gasteiger partial charge in [-0.1, -0.05) is 26.0 Å². The van der Waals surface area contributed by atoms with Gasteiger partial charge in [-0.3, -0.25) is 4.79 Å². The van der Waals surface area contributed by atoms with E-state index in [1.165, 1.54) is 0 Å². The monoisotopic (exact) mass is 497 g/mol. The van der Waals surface area contributed by atoms with E-state index in [2.05, 4.69) is 31.0 Å². The SMILES string of the molecule is COc1cc2c(cc1C1=CCN(C(=O)OC(C)(C)C)CC1)C(C)(C)c1[nH]c3cc(C#N)ccc3c1C2=O. The first-order valence-corrected chi connectivity index (χ1v) is 12.5. The number of carbonyl (C=O) groups is 2. The molecule has 0 bridgehead atoms. The van der Waals surface area contributed by atoms with Crippen molar-refractivity contribution in [1.82, 2.24) is 9.88 Å². The van der Waals surface area contributed by atoms with Gasteiger partial charge in [0.25, 0.3) is 0 Å². The van der Waals surface area contributed by atoms with Gasteiger partial charge < -0.3 is 19.4 Å². The number of nitrogens with zero attached hydrogens (tertiary/aromatic N) is 2. The summed E-state index contributed by atoms with van der Waals surface area (Å²) >= 11 is 0. The number of ketones is 1. The summed E-state index contributed by atoms with van der Waals surface area (Å²) in [6.45, 7) is 10.8. The number of rotatable bonds is 2. The molecular formula is C30H31N3O4. The first kappa shape index (κ1) is 24.6. The van der Waals surface area contributed by atoms with Crippen LogP contribution in [0.3, 0.4) is 0 Å². The highest BCUT2D eigenvalue weighted by atomic mass is 16.6. The summed E-state index contributed by atoms with van der Waals surface area (Å²) in [5, 5.41) is 10.1. The number of hydrogen-bond acceptors (Lipinski definition) is 5. The van der Waals surface area contributed by atoms with Gasteiger partial charge in [-0.15, -0.1) is 0 Å². The highest BCUT2D eigenvalue weighted by molar-refractivity contribution is 6.20. The summed E-state index contributed by atoms with van der Waals surface area (Å²) in [4.78, 5) is 31.4. The van der Waals surface area contributed by atoms with Crippen LogP contribution in [0.4, 0.5) is 4.79 Å². The number of fused-ring (bicyclic) bond motifs is 4. The molecule has 0 spiro atoms. The molecule has 2 aromatic carbocycles. The van der Waals surface area contributed by atoms with E-state index < -0.39 is 11.0 Å². The Morgan fingerprint density at radius 2 is 1.92 bits per heavy atom. The minimum atomic E-state index is -0.543. The molecule has 2 aliphatic rings. The molecule has 0 radical (unpaired) electrons. The maximum absolute atomic E-state index is 13.8. The predicted octanol–water partition coefficient (Wildman–Crippen LogP) is 5.94. The van der Waals surface area contributed by atoms with Gasteiger partial charge in [-0.05, 0) is 62.6 Å². The lowest BCUT2D eigenvalue weighted by Crippen LogP contribution is -2.39. The molecule has 3 aromatic rings. The lowest BCUT2D eigenvalue weighted by atomic mass is 9.70. The average Bonchev–Trinajstić information content (AvgIpc) is 3.26. The number of amides is 1. The summed E-state index contributed by atoms with van der Waals surface area (Å²) in [7, 11) is 1.61. The van der Waals surface area contributed by atoms with Gasteiger partial charge in [-0.2, -0.15) is 5.26 Å². The van der Waals surface area contributed by atoms with E-state index in [0.717, 1.165) is 33.3 Å². The molecule has 0 unspecified atom stereocenters. The van der Waals surface area contributed by atoms with E-state index >= 15 is 0 Å². The number of ether oxygens (including phenoxy) is 2. The smallest absolute Gasteiger partial charge is 0.410 e. The van der Waals surface area contributed by atoms with Crippen LogP contribution in [0, 0.1) is 11.3 Å². The molecule has 7 nitrogen and oxygen atoms in total. The Bertz CT molecular complexity index is 1530. The van der Waals surface area contributed by atoms with E-state index in [1.807, 2.05) is 39.0 Å². The van der Waals surface area contributed by atoms with Gasteiger partial charge in [0, 0.05) is 46.2 Å². The Morgan fingerprint density at radius 3 is 2.54 bits per heavy atom. The van der Waals surface area contributed by atoms with E-state index in [4.69, 9.17) is 9.47 Å². The van der Waals surface area contributed by atoms with Crippen molar-refractivity contribution in [3.8, 4) is 11.8 Å². The van der Waals surface area contributed by atoms with Crippen molar-refractivity contribution < 1.29 is 19.1 Å². The summed E-state index contributed by atoms with van der Waals surface area (Å²) in [6, 6.07) is 11.5. The zero-order valence-electron chi connectivity index (χ0n) is 22.1. The van der Waals surface area contributed by atoms with Crippen LogP contribution in [-0.2, 0) is 10.2 Å². The molecule has 1 aliphatic heterocycles. The molecule has 1 amide bonds. The second-order valence-electron chi connectivity index (χ2n) is 11.2. The fraction of sp³-hybridized carbons (Fsp3) is 0.367. The molecule has 5 rings (SSSR count). The van der Waals surface area contributed by atoms with E-state index in [9.17, 15) is 14.9 Å². The minimum Gasteiger partial charge on any atom is -0.496 e. The van der Waals surface area contributed by atoms with Gasteiger partial charge in [0.1, 0.15) is 11.4 Å². The van der Waals surface area contributed by atoms with E-state index in [1.54, 1.807) is 24.1 Å². The first-order valence-electron chi connectivity index (χ1n) is 12.5. The number of aromatic nitrogens is 1. The summed E-state index contributed by atoms with van der Waals surface area (Å²) in [5.41, 5.74) is 5.34. The predicted molar refractivity (Wildman–Crippen MR) is 142 cm³/mol. The molecular weight excluding hydrogens is 466 g/mol. The zero-order chi connectivity index (χ0) is 26.7. The Kier molecular flexibility index (Phi) is 5.67. The van der Waals surface area contributed by atoms with Gasteiger partial charge in [0.2, 0.25) is 0 Å². The number of H-pyrrole nitrogens is 1. The third-order valence-electron chi connectivity index (χ3n) is 7.24. The quantitative estimate of drug-likeness (QED) is 0.473. The Hall–Kier alpha value is -4.05. The summed E-state index contributed by atoms with van der Waals surface area (Å²) in [5.74, 6) is 0.578. The third-order valence-corrected chi connectivity index (χ3v) is 7.24. The normalized spacial score (nSPS) is 16.5. The highest BCUT2D eigenvalue weighted by Crippen LogP contribution is 2.46. The molecule has 2 heterocycles. The topological polar surface area (TPSA) is 95.4 Å². The molecule has 0 saturated carbocycles. The van der Waals surface area contributed by atoms with Crippen LogP contribution >= 0.6 is 0 Å². The van der Waals surface area contributed by atoms with Crippen molar-refractivity contribution in [3.05, 3.63) is 69.9 Å². The van der Waals surface area contributed by atoms with Crippen LogP contribution < -0.4 is 4.74 Å². The van der Waals surface area contributed by atoms with Gasteiger partial charge in [0.05, 0.1) is 24.3 Å². The van der Waals surface area contributed by atoms with Crippen molar-refractivity contribution in [1.29, 1.82) is 5.26 Å². The molecule has 190 valence electrons. The van der Waals surface area contributed by atoms with Crippen molar-refractivity contribution in [2.45, 2.75) is 52.1 Å². The van der Waals surface area contributed by atoms with Crippen LogP contribution in [0.1, 0.15) is 79.3 Å². The van der Waals surface area contributed by atoms with Crippen LogP contribution in [-0.4, -0.2) is 47.6 Å². The van der Waals surface area contributed by atoms with Crippen molar-refractivity contribution in [3.63, 3.8) is 0 Å². The molecule has 0 atom stereocenters. The number of aromatic amines is 1. The standard InChI is InChI=1S/C30H31N3O4/c1-29(2,3)37-28(35)33-11-9-18(10-12-33)20-14-22-21(15-24(20)36-6)26(34)25-19-8-7-17(16-31)13-23(19)32-27(25)30(22,4)5/h7-9,13-15,32H,10-12H2,1-6H3. The third kappa shape index (κ3) is 4.07. The van der Waals surface area contributed by atoms with Crippen molar-refractivity contribution >= 4 is 28.4 Å². The number of benzene rings is 2. The minimum absolute atomic E-state index is 0.0566. The summed E-state index contributed by atoms with van der Waals surface area (Å²) < 4.78 is 11.3. The van der Waals surface area contributed by atoms with Crippen molar-refractivity contribution in [2.24, 2.45) is 0 Å². The number of methoxy groups -OCH3 is 1. The maximum atomic E-state index is 13.8. The van der Waals surface area contributed by atoms with Crippen LogP contribution in [0.5, 0.6) is 5.75 Å². The molecule has 0 fully saturated rings.